The van der Waals surface area contributed by atoms with E-state index in [-0.39, 0.29) is 5.91 Å². The molecule has 1 unspecified atom stereocenters. The smallest absolute Gasteiger partial charge is 0.265 e. The lowest BCUT2D eigenvalue weighted by molar-refractivity contribution is 0.0457. The molecule has 2 aliphatic heterocycles. The third-order valence-corrected chi connectivity index (χ3v) is 4.65. The van der Waals surface area contributed by atoms with Crippen molar-refractivity contribution >= 4 is 5.91 Å². The van der Waals surface area contributed by atoms with Gasteiger partial charge in [0.25, 0.3) is 5.91 Å². The van der Waals surface area contributed by atoms with Crippen molar-refractivity contribution in [2.45, 2.75) is 31.8 Å². The number of rotatable bonds is 3. The summed E-state index contributed by atoms with van der Waals surface area (Å²) in [5, 5.41) is 0. The van der Waals surface area contributed by atoms with E-state index in [1.165, 1.54) is 37.9 Å². The molecule has 2 heterocycles. The van der Waals surface area contributed by atoms with Gasteiger partial charge in [-0.2, -0.15) is 0 Å². The molecule has 5 heteroatoms. The maximum absolute atomic E-state index is 11.6. The first-order valence-electron chi connectivity index (χ1n) is 7.82. The first-order chi connectivity index (χ1) is 10.3. The Bertz CT molecular complexity index is 505. The lowest BCUT2D eigenvalue weighted by Gasteiger charge is -2.44. The molecule has 2 fully saturated rings. The molecule has 3 rings (SSSR count). The number of amides is 1. The second-order valence-corrected chi connectivity index (χ2v) is 6.09. The highest BCUT2D eigenvalue weighted by molar-refractivity contribution is 5.93. The Balaban J connectivity index is 1.62. The van der Waals surface area contributed by atoms with Crippen molar-refractivity contribution < 1.29 is 4.79 Å². The van der Waals surface area contributed by atoms with E-state index < -0.39 is 0 Å². The van der Waals surface area contributed by atoms with Crippen molar-refractivity contribution in [2.24, 2.45) is 5.84 Å². The summed E-state index contributed by atoms with van der Waals surface area (Å²) in [6.45, 7) is 5.62. The van der Waals surface area contributed by atoms with Gasteiger partial charge in [-0.15, -0.1) is 0 Å². The van der Waals surface area contributed by atoms with Gasteiger partial charge in [0.15, 0.2) is 0 Å². The molecule has 114 valence electrons. The first kappa shape index (κ1) is 14.5. The monoisotopic (exact) mass is 288 g/mol. The molecule has 21 heavy (non-hydrogen) atoms. The normalized spacial score (nSPS) is 23.6. The highest BCUT2D eigenvalue weighted by Crippen LogP contribution is 2.22. The van der Waals surface area contributed by atoms with Gasteiger partial charge in [-0.05, 0) is 37.1 Å². The van der Waals surface area contributed by atoms with E-state index in [4.69, 9.17) is 5.84 Å². The van der Waals surface area contributed by atoms with Crippen LogP contribution in [0.1, 0.15) is 35.2 Å². The van der Waals surface area contributed by atoms with Gasteiger partial charge in [-0.25, -0.2) is 5.84 Å². The number of piperidine rings is 1. The third kappa shape index (κ3) is 3.43. The Kier molecular flexibility index (Phi) is 4.53. The van der Waals surface area contributed by atoms with Crippen LogP contribution in [0.15, 0.2) is 24.3 Å². The maximum Gasteiger partial charge on any atom is 0.265 e. The van der Waals surface area contributed by atoms with E-state index in [1.54, 1.807) is 6.07 Å². The Labute approximate surface area is 126 Å². The highest BCUT2D eigenvalue weighted by atomic mass is 16.2. The number of fused-ring (bicyclic) bond motifs is 1. The molecule has 0 spiro atoms. The minimum Gasteiger partial charge on any atom is -0.298 e. The fourth-order valence-corrected chi connectivity index (χ4v) is 3.52. The molecule has 2 aliphatic rings. The second kappa shape index (κ2) is 6.56. The van der Waals surface area contributed by atoms with Crippen LogP contribution in [-0.2, 0) is 6.54 Å². The summed E-state index contributed by atoms with van der Waals surface area (Å²) in [6, 6.07) is 8.47. The quantitative estimate of drug-likeness (QED) is 0.494. The molecule has 1 aromatic carbocycles. The topological polar surface area (TPSA) is 61.6 Å². The van der Waals surface area contributed by atoms with Gasteiger partial charge >= 0.3 is 0 Å². The van der Waals surface area contributed by atoms with Crippen LogP contribution in [0.5, 0.6) is 0 Å². The van der Waals surface area contributed by atoms with E-state index in [9.17, 15) is 4.79 Å². The van der Waals surface area contributed by atoms with Crippen molar-refractivity contribution in [1.29, 1.82) is 0 Å². The van der Waals surface area contributed by atoms with E-state index in [2.05, 4.69) is 21.3 Å². The summed E-state index contributed by atoms with van der Waals surface area (Å²) in [5.74, 6) is 4.97. The van der Waals surface area contributed by atoms with Crippen LogP contribution in [0.4, 0.5) is 0 Å². The summed E-state index contributed by atoms with van der Waals surface area (Å²) >= 11 is 0. The number of nitrogens with one attached hydrogen (secondary N) is 1. The Morgan fingerprint density at radius 3 is 3.05 bits per heavy atom. The summed E-state index contributed by atoms with van der Waals surface area (Å²) in [6.07, 6.45) is 4.04. The molecule has 0 radical (unpaired) electrons. The Hall–Kier alpha value is -1.43. The van der Waals surface area contributed by atoms with Crippen molar-refractivity contribution in [3.05, 3.63) is 35.4 Å². The van der Waals surface area contributed by atoms with Gasteiger partial charge < -0.3 is 0 Å². The van der Waals surface area contributed by atoms with E-state index >= 15 is 0 Å². The van der Waals surface area contributed by atoms with Gasteiger partial charge in [0, 0.05) is 37.8 Å². The van der Waals surface area contributed by atoms with Gasteiger partial charge in [-0.1, -0.05) is 18.6 Å². The number of nitrogen functional groups attached to an aromatic ring is 1. The molecule has 1 atom stereocenters. The lowest BCUT2D eigenvalue weighted by atomic mass is 9.99. The van der Waals surface area contributed by atoms with Gasteiger partial charge in [-0.3, -0.25) is 20.0 Å². The molecule has 0 aliphatic carbocycles. The summed E-state index contributed by atoms with van der Waals surface area (Å²) in [7, 11) is 0. The van der Waals surface area contributed by atoms with Gasteiger partial charge in [0.1, 0.15) is 0 Å². The molecule has 0 saturated carbocycles. The van der Waals surface area contributed by atoms with Crippen LogP contribution in [0.25, 0.3) is 0 Å². The standard InChI is InChI=1S/C16H24N4O/c17-18-16(21)14-5-3-4-13(10-14)11-19-8-9-20-7-2-1-6-15(20)12-19/h3-5,10,15H,1-2,6-9,11-12,17H2,(H,18,21). The first-order valence-corrected chi connectivity index (χ1v) is 7.82. The van der Waals surface area contributed by atoms with E-state index in [0.717, 1.165) is 25.7 Å². The van der Waals surface area contributed by atoms with Gasteiger partial charge in [0.05, 0.1) is 0 Å². The minimum absolute atomic E-state index is 0.228. The number of hydrazine groups is 1. The van der Waals surface area contributed by atoms with Crippen LogP contribution in [0, 0.1) is 0 Å². The molecule has 0 aromatic heterocycles. The predicted octanol–water partition coefficient (Wildman–Crippen LogP) is 0.960. The SMILES string of the molecule is NNC(=O)c1cccc(CN2CCN3CCCCC3C2)c1. The van der Waals surface area contributed by atoms with E-state index in [1.807, 2.05) is 12.1 Å². The average Bonchev–Trinajstić information content (AvgIpc) is 2.54. The number of hydrogen-bond donors (Lipinski definition) is 2. The number of carbonyl (C=O) groups is 1. The zero-order chi connectivity index (χ0) is 14.7. The molecular formula is C16H24N4O. The molecule has 2 saturated heterocycles. The molecule has 5 nitrogen and oxygen atoms in total. The number of hydrogen-bond acceptors (Lipinski definition) is 4. The number of nitrogens with two attached hydrogens (primary N) is 1. The molecule has 3 N–H and O–H groups in total. The number of nitrogens with zero attached hydrogens (tertiary/aromatic N) is 2. The van der Waals surface area contributed by atoms with Crippen molar-refractivity contribution in [1.82, 2.24) is 15.2 Å². The number of benzene rings is 1. The fourth-order valence-electron chi connectivity index (χ4n) is 3.52. The zero-order valence-electron chi connectivity index (χ0n) is 12.4. The summed E-state index contributed by atoms with van der Waals surface area (Å²) in [4.78, 5) is 16.7. The zero-order valence-corrected chi connectivity index (χ0v) is 12.4. The van der Waals surface area contributed by atoms with Crippen LogP contribution in [0.2, 0.25) is 0 Å². The van der Waals surface area contributed by atoms with E-state index in [0.29, 0.717) is 5.56 Å². The van der Waals surface area contributed by atoms with Crippen LogP contribution < -0.4 is 11.3 Å². The maximum atomic E-state index is 11.6. The number of carbonyl (C=O) groups excluding carboxylic acids is 1. The second-order valence-electron chi connectivity index (χ2n) is 6.09. The third-order valence-electron chi connectivity index (χ3n) is 4.65. The summed E-state index contributed by atoms with van der Waals surface area (Å²) < 4.78 is 0. The number of piperazine rings is 1. The summed E-state index contributed by atoms with van der Waals surface area (Å²) in [5.41, 5.74) is 4.00. The largest absolute Gasteiger partial charge is 0.298 e. The Morgan fingerprint density at radius 1 is 1.29 bits per heavy atom. The van der Waals surface area contributed by atoms with Crippen LogP contribution in [-0.4, -0.2) is 47.9 Å². The van der Waals surface area contributed by atoms with Crippen molar-refractivity contribution in [2.75, 3.05) is 26.2 Å². The van der Waals surface area contributed by atoms with Crippen molar-refractivity contribution in [3.8, 4) is 0 Å². The highest BCUT2D eigenvalue weighted by Gasteiger charge is 2.28. The average molecular weight is 288 g/mol. The minimum atomic E-state index is -0.228. The molecule has 0 bridgehead atoms. The molecular weight excluding hydrogens is 264 g/mol. The van der Waals surface area contributed by atoms with Crippen LogP contribution in [0.3, 0.4) is 0 Å². The fraction of sp³-hybridized carbons (Fsp3) is 0.562. The Morgan fingerprint density at radius 2 is 2.19 bits per heavy atom. The molecule has 1 amide bonds. The van der Waals surface area contributed by atoms with Crippen LogP contribution >= 0.6 is 0 Å². The van der Waals surface area contributed by atoms with Gasteiger partial charge in [0.2, 0.25) is 0 Å². The predicted molar refractivity (Wildman–Crippen MR) is 82.6 cm³/mol. The molecule has 1 aromatic rings. The van der Waals surface area contributed by atoms with Crippen molar-refractivity contribution in [3.63, 3.8) is 0 Å². The lowest BCUT2D eigenvalue weighted by Crippen LogP contribution is -2.54.